The molecule has 2 heterocycles. The van der Waals surface area contributed by atoms with Crippen molar-refractivity contribution < 1.29 is 4.79 Å². The lowest BCUT2D eigenvalue weighted by Crippen LogP contribution is -2.49. The van der Waals surface area contributed by atoms with Crippen LogP contribution in [0.5, 0.6) is 0 Å². The molecule has 7 nitrogen and oxygen atoms in total. The lowest BCUT2D eigenvalue weighted by atomic mass is 10.3. The van der Waals surface area contributed by atoms with E-state index in [4.69, 9.17) is 5.73 Å². The number of carbonyl (C=O) groups excluding carboxylic acids is 1. The van der Waals surface area contributed by atoms with Crippen molar-refractivity contribution in [2.45, 2.75) is 26.4 Å². The predicted molar refractivity (Wildman–Crippen MR) is 71.2 cm³/mol. The Morgan fingerprint density at radius 1 is 1.37 bits per heavy atom. The van der Waals surface area contributed by atoms with Gasteiger partial charge in [-0.1, -0.05) is 12.1 Å². The number of nitrogens with two attached hydrogens (primary N) is 1. The largest absolute Gasteiger partial charge is 0.339 e. The zero-order chi connectivity index (χ0) is 13.7. The molecule has 1 fully saturated rings. The van der Waals surface area contributed by atoms with Crippen LogP contribution >= 0.6 is 0 Å². The first-order valence-corrected chi connectivity index (χ1v) is 6.82. The van der Waals surface area contributed by atoms with E-state index in [0.29, 0.717) is 12.2 Å². The van der Waals surface area contributed by atoms with Crippen molar-refractivity contribution >= 4 is 5.91 Å². The SMILES string of the molecule is CCCN1CCN(C(=O)Cn2cc(CN)nn2)CC1. The summed E-state index contributed by atoms with van der Waals surface area (Å²) in [5, 5.41) is 7.77. The first-order chi connectivity index (χ1) is 9.22. The summed E-state index contributed by atoms with van der Waals surface area (Å²) in [6.45, 7) is 7.43. The molecule has 0 aliphatic carbocycles. The lowest BCUT2D eigenvalue weighted by molar-refractivity contribution is -0.133. The molecular weight excluding hydrogens is 244 g/mol. The molecule has 1 amide bonds. The molecule has 2 rings (SSSR count). The fourth-order valence-corrected chi connectivity index (χ4v) is 2.29. The second-order valence-corrected chi connectivity index (χ2v) is 4.83. The van der Waals surface area contributed by atoms with Crippen LogP contribution in [0.25, 0.3) is 0 Å². The average molecular weight is 266 g/mol. The Bertz CT molecular complexity index is 410. The highest BCUT2D eigenvalue weighted by Gasteiger charge is 2.20. The third-order valence-electron chi connectivity index (χ3n) is 3.36. The Kier molecular flexibility index (Phi) is 4.86. The number of nitrogens with zero attached hydrogens (tertiary/aromatic N) is 5. The van der Waals surface area contributed by atoms with Crippen LogP contribution < -0.4 is 5.73 Å². The van der Waals surface area contributed by atoms with Crippen LogP contribution in [0.15, 0.2) is 6.20 Å². The molecule has 0 bridgehead atoms. The van der Waals surface area contributed by atoms with Gasteiger partial charge >= 0.3 is 0 Å². The van der Waals surface area contributed by atoms with Gasteiger partial charge in [-0.2, -0.15) is 0 Å². The zero-order valence-electron chi connectivity index (χ0n) is 11.5. The van der Waals surface area contributed by atoms with Crippen molar-refractivity contribution in [3.8, 4) is 0 Å². The maximum absolute atomic E-state index is 12.1. The van der Waals surface area contributed by atoms with E-state index in [1.807, 2.05) is 4.90 Å². The summed E-state index contributed by atoms with van der Waals surface area (Å²) in [6.07, 6.45) is 2.89. The van der Waals surface area contributed by atoms with Gasteiger partial charge in [-0.3, -0.25) is 9.69 Å². The number of aromatic nitrogens is 3. The van der Waals surface area contributed by atoms with E-state index >= 15 is 0 Å². The summed E-state index contributed by atoms with van der Waals surface area (Å²) in [6, 6.07) is 0. The van der Waals surface area contributed by atoms with Crippen LogP contribution in [0.3, 0.4) is 0 Å². The van der Waals surface area contributed by atoms with Crippen molar-refractivity contribution in [2.75, 3.05) is 32.7 Å². The quantitative estimate of drug-likeness (QED) is 0.761. The number of hydrogen-bond donors (Lipinski definition) is 1. The van der Waals surface area contributed by atoms with Crippen LogP contribution in [0.2, 0.25) is 0 Å². The summed E-state index contributed by atoms with van der Waals surface area (Å²) in [5.41, 5.74) is 6.17. The molecule has 0 radical (unpaired) electrons. The van der Waals surface area contributed by atoms with E-state index < -0.39 is 0 Å². The Balaban J connectivity index is 1.81. The van der Waals surface area contributed by atoms with Gasteiger partial charge in [0.05, 0.1) is 11.9 Å². The summed E-state index contributed by atoms with van der Waals surface area (Å²) in [4.78, 5) is 16.4. The summed E-state index contributed by atoms with van der Waals surface area (Å²) in [7, 11) is 0. The molecule has 1 saturated heterocycles. The van der Waals surface area contributed by atoms with Gasteiger partial charge in [0.1, 0.15) is 6.54 Å². The van der Waals surface area contributed by atoms with Crippen LogP contribution in [-0.2, 0) is 17.9 Å². The van der Waals surface area contributed by atoms with Crippen molar-refractivity contribution in [1.29, 1.82) is 0 Å². The summed E-state index contributed by atoms with van der Waals surface area (Å²) < 4.78 is 1.56. The monoisotopic (exact) mass is 266 g/mol. The molecule has 0 unspecified atom stereocenters. The van der Waals surface area contributed by atoms with Gasteiger partial charge in [-0.05, 0) is 13.0 Å². The Hall–Kier alpha value is -1.47. The third kappa shape index (κ3) is 3.74. The first kappa shape index (κ1) is 14.0. The van der Waals surface area contributed by atoms with Crippen molar-refractivity contribution in [3.05, 3.63) is 11.9 Å². The summed E-state index contributed by atoms with van der Waals surface area (Å²) >= 11 is 0. The minimum absolute atomic E-state index is 0.101. The fraction of sp³-hybridized carbons (Fsp3) is 0.750. The highest BCUT2D eigenvalue weighted by atomic mass is 16.2. The van der Waals surface area contributed by atoms with Crippen LogP contribution in [0.4, 0.5) is 0 Å². The molecule has 1 aliphatic rings. The van der Waals surface area contributed by atoms with Gasteiger partial charge in [0, 0.05) is 32.7 Å². The number of carbonyl (C=O) groups is 1. The minimum Gasteiger partial charge on any atom is -0.339 e. The van der Waals surface area contributed by atoms with Gasteiger partial charge < -0.3 is 10.6 Å². The third-order valence-corrected chi connectivity index (χ3v) is 3.36. The topological polar surface area (TPSA) is 80.3 Å². The van der Waals surface area contributed by atoms with E-state index in [1.54, 1.807) is 10.9 Å². The van der Waals surface area contributed by atoms with Crippen LogP contribution in [-0.4, -0.2) is 63.4 Å². The van der Waals surface area contributed by atoms with Gasteiger partial charge in [-0.25, -0.2) is 4.68 Å². The lowest BCUT2D eigenvalue weighted by Gasteiger charge is -2.34. The van der Waals surface area contributed by atoms with Crippen molar-refractivity contribution in [2.24, 2.45) is 5.73 Å². The molecule has 1 aromatic heterocycles. The Morgan fingerprint density at radius 3 is 2.68 bits per heavy atom. The fourth-order valence-electron chi connectivity index (χ4n) is 2.29. The van der Waals surface area contributed by atoms with Crippen LogP contribution in [0, 0.1) is 0 Å². The van der Waals surface area contributed by atoms with Crippen molar-refractivity contribution in [3.63, 3.8) is 0 Å². The minimum atomic E-state index is 0.101. The summed E-state index contributed by atoms with van der Waals surface area (Å²) in [5.74, 6) is 0.101. The Morgan fingerprint density at radius 2 is 2.11 bits per heavy atom. The number of amides is 1. The molecule has 2 N–H and O–H groups in total. The van der Waals surface area contributed by atoms with Crippen LogP contribution in [0.1, 0.15) is 19.0 Å². The maximum atomic E-state index is 12.1. The predicted octanol–water partition coefficient (Wildman–Crippen LogP) is -0.709. The van der Waals surface area contributed by atoms with Gasteiger partial charge in [0.25, 0.3) is 0 Å². The molecule has 1 aliphatic heterocycles. The maximum Gasteiger partial charge on any atom is 0.244 e. The normalized spacial score (nSPS) is 16.8. The van der Waals surface area contributed by atoms with E-state index in [9.17, 15) is 4.79 Å². The Labute approximate surface area is 113 Å². The second-order valence-electron chi connectivity index (χ2n) is 4.83. The van der Waals surface area contributed by atoms with E-state index in [1.165, 1.54) is 0 Å². The highest BCUT2D eigenvalue weighted by Crippen LogP contribution is 2.04. The molecule has 106 valence electrons. The molecule has 0 atom stereocenters. The number of hydrogen-bond acceptors (Lipinski definition) is 5. The molecule has 0 spiro atoms. The van der Waals surface area contributed by atoms with Gasteiger partial charge in [0.2, 0.25) is 5.91 Å². The van der Waals surface area contributed by atoms with Gasteiger partial charge in [-0.15, -0.1) is 5.10 Å². The van der Waals surface area contributed by atoms with E-state index in [0.717, 1.165) is 39.1 Å². The standard InChI is InChI=1S/C12H22N6O/c1-2-3-16-4-6-17(7-5-16)12(19)10-18-9-11(8-13)14-15-18/h9H,2-8,10,13H2,1H3. The van der Waals surface area contributed by atoms with Crippen molar-refractivity contribution in [1.82, 2.24) is 24.8 Å². The first-order valence-electron chi connectivity index (χ1n) is 6.82. The molecule has 19 heavy (non-hydrogen) atoms. The molecule has 0 saturated carbocycles. The zero-order valence-corrected chi connectivity index (χ0v) is 11.5. The van der Waals surface area contributed by atoms with E-state index in [-0.39, 0.29) is 12.5 Å². The number of rotatable bonds is 5. The van der Waals surface area contributed by atoms with E-state index in [2.05, 4.69) is 22.1 Å². The molecule has 7 heteroatoms. The average Bonchev–Trinajstić information content (AvgIpc) is 2.87. The molecular formula is C12H22N6O. The number of piperazine rings is 1. The molecule has 1 aromatic rings. The molecule has 0 aromatic carbocycles. The smallest absolute Gasteiger partial charge is 0.244 e. The van der Waals surface area contributed by atoms with Gasteiger partial charge in [0.15, 0.2) is 0 Å². The highest BCUT2D eigenvalue weighted by molar-refractivity contribution is 5.76. The second kappa shape index (κ2) is 6.63.